The van der Waals surface area contributed by atoms with Crippen molar-refractivity contribution in [3.63, 3.8) is 0 Å². The van der Waals surface area contributed by atoms with Crippen molar-refractivity contribution < 1.29 is 18.0 Å². The quantitative estimate of drug-likeness (QED) is 0.319. The van der Waals surface area contributed by atoms with Crippen LogP contribution in [0, 0.1) is 3.57 Å². The van der Waals surface area contributed by atoms with Gasteiger partial charge in [-0.3, -0.25) is 13.9 Å². The second kappa shape index (κ2) is 12.8. The largest absolute Gasteiger partial charge is 0.350 e. The smallest absolute Gasteiger partial charge is 0.264 e. The maximum absolute atomic E-state index is 13.8. The van der Waals surface area contributed by atoms with Gasteiger partial charge in [-0.1, -0.05) is 48.5 Å². The summed E-state index contributed by atoms with van der Waals surface area (Å²) in [6, 6.07) is 23.9. The zero-order valence-corrected chi connectivity index (χ0v) is 25.1. The van der Waals surface area contributed by atoms with E-state index in [0.29, 0.717) is 12.1 Å². The van der Waals surface area contributed by atoms with Crippen LogP contribution in [0.2, 0.25) is 0 Å². The molecule has 0 spiro atoms. The molecule has 38 heavy (non-hydrogen) atoms. The number of halogens is 1. The Hall–Kier alpha value is -2.92. The zero-order chi connectivity index (χ0) is 27.9. The lowest BCUT2D eigenvalue weighted by atomic mass is 10.1. The Morgan fingerprint density at radius 2 is 1.45 bits per heavy atom. The van der Waals surface area contributed by atoms with Crippen LogP contribution in [0.3, 0.4) is 0 Å². The predicted octanol–water partition coefficient (Wildman–Crippen LogP) is 4.86. The molecule has 3 aromatic rings. The van der Waals surface area contributed by atoms with E-state index < -0.39 is 34.1 Å². The van der Waals surface area contributed by atoms with E-state index in [1.54, 1.807) is 49.4 Å². The fourth-order valence-corrected chi connectivity index (χ4v) is 5.69. The lowest BCUT2D eigenvalue weighted by molar-refractivity contribution is -0.139. The molecule has 0 saturated heterocycles. The average Bonchev–Trinajstić information content (AvgIpc) is 2.88. The maximum atomic E-state index is 13.8. The summed E-state index contributed by atoms with van der Waals surface area (Å²) in [7, 11) is -4.05. The van der Waals surface area contributed by atoms with Crippen LogP contribution < -0.4 is 9.62 Å². The fraction of sp³-hybridized carbons (Fsp3) is 0.310. The SMILES string of the molecule is C[C@@H](C(=O)NC(C)(C)C)N(CCc1ccccc1)C(=O)CN(c1ccc(I)cc1)S(=O)(=O)c1ccccc1. The highest BCUT2D eigenvalue weighted by Crippen LogP contribution is 2.25. The van der Waals surface area contributed by atoms with Crippen LogP contribution in [0.5, 0.6) is 0 Å². The van der Waals surface area contributed by atoms with Crippen LogP contribution in [-0.4, -0.2) is 49.8 Å². The molecule has 0 unspecified atom stereocenters. The van der Waals surface area contributed by atoms with Gasteiger partial charge in [0.15, 0.2) is 0 Å². The van der Waals surface area contributed by atoms with Crippen molar-refractivity contribution in [1.29, 1.82) is 0 Å². The fourth-order valence-electron chi connectivity index (χ4n) is 3.90. The first-order valence-electron chi connectivity index (χ1n) is 12.4. The Labute approximate surface area is 239 Å². The van der Waals surface area contributed by atoms with Crippen molar-refractivity contribution in [2.75, 3.05) is 17.4 Å². The molecule has 9 heteroatoms. The number of carbonyl (C=O) groups is 2. The third-order valence-electron chi connectivity index (χ3n) is 5.87. The molecule has 3 aromatic carbocycles. The minimum absolute atomic E-state index is 0.0840. The molecule has 0 saturated carbocycles. The minimum Gasteiger partial charge on any atom is -0.350 e. The van der Waals surface area contributed by atoms with E-state index >= 15 is 0 Å². The molecular formula is C29H34IN3O4S. The highest BCUT2D eigenvalue weighted by molar-refractivity contribution is 14.1. The van der Waals surface area contributed by atoms with Gasteiger partial charge in [0, 0.05) is 15.7 Å². The molecule has 7 nitrogen and oxygen atoms in total. The first-order chi connectivity index (χ1) is 17.9. The molecule has 0 aliphatic carbocycles. The van der Waals surface area contributed by atoms with Gasteiger partial charge in [0.1, 0.15) is 12.6 Å². The van der Waals surface area contributed by atoms with E-state index in [0.717, 1.165) is 13.4 Å². The van der Waals surface area contributed by atoms with Crippen LogP contribution >= 0.6 is 22.6 Å². The normalized spacial score (nSPS) is 12.4. The van der Waals surface area contributed by atoms with Crippen LogP contribution in [0.25, 0.3) is 0 Å². The molecule has 0 fully saturated rings. The summed E-state index contributed by atoms with van der Waals surface area (Å²) < 4.78 is 29.5. The summed E-state index contributed by atoms with van der Waals surface area (Å²) >= 11 is 2.14. The van der Waals surface area contributed by atoms with Gasteiger partial charge in [-0.25, -0.2) is 8.42 Å². The Morgan fingerprint density at radius 3 is 2.00 bits per heavy atom. The number of anilines is 1. The number of sulfonamides is 1. The van der Waals surface area contributed by atoms with Gasteiger partial charge in [0.2, 0.25) is 11.8 Å². The second-order valence-electron chi connectivity index (χ2n) is 10.0. The van der Waals surface area contributed by atoms with Gasteiger partial charge < -0.3 is 10.2 Å². The predicted molar refractivity (Wildman–Crippen MR) is 159 cm³/mol. The van der Waals surface area contributed by atoms with Crippen molar-refractivity contribution >= 4 is 50.1 Å². The lowest BCUT2D eigenvalue weighted by Crippen LogP contribution is -2.55. The first-order valence-corrected chi connectivity index (χ1v) is 14.9. The summed E-state index contributed by atoms with van der Waals surface area (Å²) in [5.74, 6) is -0.763. The topological polar surface area (TPSA) is 86.8 Å². The van der Waals surface area contributed by atoms with E-state index in [9.17, 15) is 18.0 Å². The molecular weight excluding hydrogens is 613 g/mol. The highest BCUT2D eigenvalue weighted by atomic mass is 127. The molecule has 0 heterocycles. The summed E-state index contributed by atoms with van der Waals surface area (Å²) in [6.07, 6.45) is 0.523. The third-order valence-corrected chi connectivity index (χ3v) is 8.38. The molecule has 0 aliphatic heterocycles. The van der Waals surface area contributed by atoms with Crippen molar-refractivity contribution in [3.8, 4) is 0 Å². The van der Waals surface area contributed by atoms with E-state index in [4.69, 9.17) is 0 Å². The van der Waals surface area contributed by atoms with E-state index in [-0.39, 0.29) is 17.3 Å². The summed E-state index contributed by atoms with van der Waals surface area (Å²) in [6.45, 7) is 7.11. The molecule has 0 bridgehead atoms. The van der Waals surface area contributed by atoms with Crippen LogP contribution in [-0.2, 0) is 26.0 Å². The standard InChI is InChI=1S/C29H34IN3O4S/c1-22(28(35)31-29(2,3)4)32(20-19-23-11-7-5-8-12-23)27(34)21-33(25-17-15-24(30)16-18-25)38(36,37)26-13-9-6-10-14-26/h5-18,22H,19-21H2,1-4H3,(H,31,35)/t22-/m0/s1. The Bertz CT molecular complexity index is 1330. The second-order valence-corrected chi connectivity index (χ2v) is 13.1. The minimum atomic E-state index is -4.05. The lowest BCUT2D eigenvalue weighted by Gasteiger charge is -2.33. The summed E-state index contributed by atoms with van der Waals surface area (Å²) in [4.78, 5) is 28.5. The number of benzene rings is 3. The third kappa shape index (κ3) is 8.04. The van der Waals surface area contributed by atoms with Crippen molar-refractivity contribution in [2.45, 2.75) is 50.6 Å². The van der Waals surface area contributed by atoms with E-state index in [2.05, 4.69) is 27.9 Å². The molecule has 2 amide bonds. The van der Waals surface area contributed by atoms with Gasteiger partial charge in [0.05, 0.1) is 10.6 Å². The number of hydrogen-bond acceptors (Lipinski definition) is 4. The van der Waals surface area contributed by atoms with Crippen LogP contribution in [0.15, 0.2) is 89.8 Å². The highest BCUT2D eigenvalue weighted by Gasteiger charge is 2.33. The van der Waals surface area contributed by atoms with Crippen molar-refractivity contribution in [3.05, 3.63) is 94.1 Å². The van der Waals surface area contributed by atoms with Crippen LogP contribution in [0.4, 0.5) is 5.69 Å². The number of nitrogens with one attached hydrogen (secondary N) is 1. The number of amides is 2. The van der Waals surface area contributed by atoms with Gasteiger partial charge in [0.25, 0.3) is 10.0 Å². The number of nitrogens with zero attached hydrogens (tertiary/aromatic N) is 2. The molecule has 0 aromatic heterocycles. The van der Waals surface area contributed by atoms with Gasteiger partial charge in [-0.05, 0) is 98.7 Å². The van der Waals surface area contributed by atoms with Crippen molar-refractivity contribution in [1.82, 2.24) is 10.2 Å². The van der Waals surface area contributed by atoms with Gasteiger partial charge in [-0.15, -0.1) is 0 Å². The van der Waals surface area contributed by atoms with Crippen LogP contribution in [0.1, 0.15) is 33.3 Å². The number of hydrogen-bond donors (Lipinski definition) is 1. The average molecular weight is 648 g/mol. The molecule has 0 aliphatic rings. The summed E-state index contributed by atoms with van der Waals surface area (Å²) in [5.41, 5.74) is 0.904. The van der Waals surface area contributed by atoms with Gasteiger partial charge in [-0.2, -0.15) is 0 Å². The zero-order valence-electron chi connectivity index (χ0n) is 22.1. The van der Waals surface area contributed by atoms with Gasteiger partial charge >= 0.3 is 0 Å². The maximum Gasteiger partial charge on any atom is 0.264 e. The molecule has 1 atom stereocenters. The molecule has 3 rings (SSSR count). The Balaban J connectivity index is 1.96. The Kier molecular flexibility index (Phi) is 9.94. The molecule has 0 radical (unpaired) electrons. The molecule has 202 valence electrons. The number of carbonyl (C=O) groups excluding carboxylic acids is 2. The first kappa shape index (κ1) is 29.6. The monoisotopic (exact) mass is 647 g/mol. The van der Waals surface area contributed by atoms with Crippen molar-refractivity contribution in [2.24, 2.45) is 0 Å². The Morgan fingerprint density at radius 1 is 0.895 bits per heavy atom. The molecule has 1 N–H and O–H groups in total. The van der Waals surface area contributed by atoms with E-state index in [1.165, 1.54) is 17.0 Å². The van der Waals surface area contributed by atoms with E-state index in [1.807, 2.05) is 51.1 Å². The number of rotatable bonds is 10. The summed E-state index contributed by atoms with van der Waals surface area (Å²) in [5, 5.41) is 2.93.